The Labute approximate surface area is 125 Å². The molecule has 21 heavy (non-hydrogen) atoms. The normalized spacial score (nSPS) is 13.0. The van der Waals surface area contributed by atoms with Crippen molar-refractivity contribution < 1.29 is 23.9 Å². The van der Waals surface area contributed by atoms with Crippen LogP contribution in [0.4, 0.5) is 0 Å². The molecule has 0 fully saturated rings. The zero-order chi connectivity index (χ0) is 15.1. The van der Waals surface area contributed by atoms with Crippen LogP contribution in [-0.2, 0) is 0 Å². The Hall–Kier alpha value is -2.21. The van der Waals surface area contributed by atoms with Crippen LogP contribution in [0.2, 0.25) is 5.02 Å². The number of halogens is 1. The number of rotatable bonds is 3. The lowest BCUT2D eigenvalue weighted by Gasteiger charge is -2.15. The van der Waals surface area contributed by atoms with Gasteiger partial charge in [-0.15, -0.1) is 0 Å². The molecule has 7 heteroatoms. The molecule has 0 saturated heterocycles. The fourth-order valence-electron chi connectivity index (χ4n) is 2.34. The minimum absolute atomic E-state index is 0.0825. The van der Waals surface area contributed by atoms with Gasteiger partial charge in [-0.05, 0) is 5.92 Å². The van der Waals surface area contributed by atoms with E-state index < -0.39 is 5.97 Å². The van der Waals surface area contributed by atoms with E-state index in [4.69, 9.17) is 30.7 Å². The molecule has 0 atom stereocenters. The number of carbonyl (C=O) groups is 1. The summed E-state index contributed by atoms with van der Waals surface area (Å²) in [4.78, 5) is 10.9. The number of fused-ring (bicyclic) bond motifs is 1. The fourth-order valence-corrected chi connectivity index (χ4v) is 2.64. The van der Waals surface area contributed by atoms with Gasteiger partial charge in [-0.2, -0.15) is 0 Å². The fraction of sp³-hybridized carbons (Fsp3) is 0.286. The highest BCUT2D eigenvalue weighted by molar-refractivity contribution is 6.33. The van der Waals surface area contributed by atoms with Crippen molar-refractivity contribution in [3.8, 4) is 22.8 Å². The van der Waals surface area contributed by atoms with Crippen molar-refractivity contribution in [1.82, 2.24) is 5.16 Å². The number of carboxylic acid groups (broad SMARTS) is 1. The first-order valence-corrected chi connectivity index (χ1v) is 6.69. The second-order valence-corrected chi connectivity index (χ2v) is 5.32. The zero-order valence-electron chi connectivity index (χ0n) is 11.3. The molecule has 1 aliphatic heterocycles. The standard InChI is InChI=1S/C14H12ClNO5/c1-6(2)11-12(8-4-10(14(17)18)21-16-8)7(15)3-9-13(11)20-5-19-9/h3-4,6H,5H2,1-2H3,(H,17,18). The highest BCUT2D eigenvalue weighted by Gasteiger charge is 2.28. The van der Waals surface area contributed by atoms with E-state index in [0.717, 1.165) is 5.56 Å². The van der Waals surface area contributed by atoms with Gasteiger partial charge < -0.3 is 19.1 Å². The summed E-state index contributed by atoms with van der Waals surface area (Å²) in [5.41, 5.74) is 1.78. The predicted molar refractivity (Wildman–Crippen MR) is 74.1 cm³/mol. The lowest BCUT2D eigenvalue weighted by Crippen LogP contribution is -1.98. The number of aromatic carboxylic acids is 1. The van der Waals surface area contributed by atoms with Crippen LogP contribution in [0.15, 0.2) is 16.7 Å². The summed E-state index contributed by atoms with van der Waals surface area (Å²) in [5.74, 6) is -0.150. The van der Waals surface area contributed by atoms with Crippen molar-refractivity contribution in [2.24, 2.45) is 0 Å². The first-order valence-electron chi connectivity index (χ1n) is 6.31. The summed E-state index contributed by atoms with van der Waals surface area (Å²) in [6.07, 6.45) is 0. The lowest BCUT2D eigenvalue weighted by molar-refractivity contribution is 0.0652. The van der Waals surface area contributed by atoms with Crippen molar-refractivity contribution >= 4 is 17.6 Å². The second-order valence-electron chi connectivity index (χ2n) is 4.92. The minimum Gasteiger partial charge on any atom is -0.475 e. The van der Waals surface area contributed by atoms with E-state index in [2.05, 4.69) is 5.16 Å². The Morgan fingerprint density at radius 3 is 2.76 bits per heavy atom. The van der Waals surface area contributed by atoms with Gasteiger partial charge in [-0.3, -0.25) is 0 Å². The van der Waals surface area contributed by atoms with Crippen molar-refractivity contribution in [1.29, 1.82) is 0 Å². The van der Waals surface area contributed by atoms with Gasteiger partial charge in [0.05, 0.1) is 5.02 Å². The van der Waals surface area contributed by atoms with Crippen molar-refractivity contribution in [3.63, 3.8) is 0 Å². The van der Waals surface area contributed by atoms with Crippen LogP contribution in [-0.4, -0.2) is 23.0 Å². The molecule has 2 heterocycles. The minimum atomic E-state index is -1.18. The lowest BCUT2D eigenvalue weighted by atomic mass is 9.93. The van der Waals surface area contributed by atoms with Gasteiger partial charge in [0.1, 0.15) is 5.69 Å². The maximum atomic E-state index is 10.9. The second kappa shape index (κ2) is 4.96. The highest BCUT2D eigenvalue weighted by Crippen LogP contribution is 2.48. The maximum absolute atomic E-state index is 10.9. The molecule has 0 radical (unpaired) electrons. The van der Waals surface area contributed by atoms with E-state index in [1.807, 2.05) is 13.8 Å². The Balaban J connectivity index is 2.23. The number of ether oxygens (including phenoxy) is 2. The van der Waals surface area contributed by atoms with E-state index in [-0.39, 0.29) is 18.5 Å². The third-order valence-corrected chi connectivity index (χ3v) is 3.50. The summed E-state index contributed by atoms with van der Waals surface area (Å²) >= 11 is 6.32. The molecular weight excluding hydrogens is 298 g/mol. The molecule has 1 N–H and O–H groups in total. The summed E-state index contributed by atoms with van der Waals surface area (Å²) in [6, 6.07) is 2.98. The van der Waals surface area contributed by atoms with Gasteiger partial charge in [0.15, 0.2) is 11.5 Å². The van der Waals surface area contributed by atoms with Crippen molar-refractivity contribution in [3.05, 3.63) is 28.5 Å². The smallest absolute Gasteiger partial charge is 0.374 e. The molecule has 3 rings (SSSR count). The van der Waals surface area contributed by atoms with Gasteiger partial charge in [0, 0.05) is 23.3 Å². The van der Waals surface area contributed by atoms with E-state index in [1.54, 1.807) is 6.07 Å². The Bertz CT molecular complexity index is 722. The molecule has 110 valence electrons. The molecule has 6 nitrogen and oxygen atoms in total. The highest BCUT2D eigenvalue weighted by atomic mass is 35.5. The van der Waals surface area contributed by atoms with Gasteiger partial charge >= 0.3 is 5.97 Å². The largest absolute Gasteiger partial charge is 0.475 e. The Kier molecular flexibility index (Phi) is 3.25. The Morgan fingerprint density at radius 1 is 1.38 bits per heavy atom. The number of nitrogens with zero attached hydrogens (tertiary/aromatic N) is 1. The topological polar surface area (TPSA) is 81.8 Å². The number of hydrogen-bond acceptors (Lipinski definition) is 5. The monoisotopic (exact) mass is 309 g/mol. The van der Waals surface area contributed by atoms with E-state index >= 15 is 0 Å². The third-order valence-electron chi connectivity index (χ3n) is 3.21. The Morgan fingerprint density at radius 2 is 2.14 bits per heavy atom. The average Bonchev–Trinajstić information content (AvgIpc) is 3.04. The molecular formula is C14H12ClNO5. The molecule has 0 unspecified atom stereocenters. The molecule has 1 aromatic heterocycles. The van der Waals surface area contributed by atoms with Crippen LogP contribution in [0.5, 0.6) is 11.5 Å². The number of carboxylic acids is 1. The molecule has 0 amide bonds. The molecule has 1 aromatic carbocycles. The molecule has 2 aromatic rings. The first-order chi connectivity index (χ1) is 9.99. The number of benzene rings is 1. The van der Waals surface area contributed by atoms with Crippen molar-refractivity contribution in [2.45, 2.75) is 19.8 Å². The molecule has 0 bridgehead atoms. The number of hydrogen-bond donors (Lipinski definition) is 1. The van der Waals surface area contributed by atoms with Gasteiger partial charge in [0.2, 0.25) is 12.6 Å². The van der Waals surface area contributed by atoms with Crippen LogP contribution >= 0.6 is 11.6 Å². The SMILES string of the molecule is CC(C)c1c2c(cc(Cl)c1-c1cc(C(=O)O)on1)OCO2. The molecule has 0 saturated carbocycles. The van der Waals surface area contributed by atoms with Gasteiger partial charge in [-0.25, -0.2) is 4.79 Å². The van der Waals surface area contributed by atoms with Crippen molar-refractivity contribution in [2.75, 3.05) is 6.79 Å². The predicted octanol–water partition coefficient (Wildman–Crippen LogP) is 3.55. The third kappa shape index (κ3) is 2.21. The van der Waals surface area contributed by atoms with E-state index in [0.29, 0.717) is 27.8 Å². The van der Waals surface area contributed by atoms with Crippen LogP contribution < -0.4 is 9.47 Å². The van der Waals surface area contributed by atoms with Crippen LogP contribution in [0.25, 0.3) is 11.3 Å². The van der Waals surface area contributed by atoms with Crippen LogP contribution in [0.1, 0.15) is 35.9 Å². The van der Waals surface area contributed by atoms with Crippen LogP contribution in [0.3, 0.4) is 0 Å². The molecule has 0 spiro atoms. The molecule has 0 aliphatic carbocycles. The molecule has 1 aliphatic rings. The quantitative estimate of drug-likeness (QED) is 0.933. The van der Waals surface area contributed by atoms with Gasteiger partial charge in [-0.1, -0.05) is 30.6 Å². The summed E-state index contributed by atoms with van der Waals surface area (Å²) < 4.78 is 15.7. The zero-order valence-corrected chi connectivity index (χ0v) is 12.1. The number of aromatic nitrogens is 1. The maximum Gasteiger partial charge on any atom is 0.374 e. The van der Waals surface area contributed by atoms with E-state index in [1.165, 1.54) is 6.07 Å². The van der Waals surface area contributed by atoms with Crippen LogP contribution in [0, 0.1) is 0 Å². The van der Waals surface area contributed by atoms with Gasteiger partial charge in [0.25, 0.3) is 0 Å². The van der Waals surface area contributed by atoms with E-state index in [9.17, 15) is 4.79 Å². The summed E-state index contributed by atoms with van der Waals surface area (Å²) in [5, 5.41) is 13.1. The summed E-state index contributed by atoms with van der Waals surface area (Å²) in [7, 11) is 0. The average molecular weight is 310 g/mol. The first kappa shape index (κ1) is 13.8. The summed E-state index contributed by atoms with van der Waals surface area (Å²) in [6.45, 7) is 4.10.